The van der Waals surface area contributed by atoms with Crippen LogP contribution in [0.15, 0.2) is 58.4 Å². The molecule has 26 heavy (non-hydrogen) atoms. The third-order valence-corrected chi connectivity index (χ3v) is 4.34. The van der Waals surface area contributed by atoms with Crippen LogP contribution >= 0.6 is 11.8 Å². The minimum Gasteiger partial charge on any atom is -0.493 e. The van der Waals surface area contributed by atoms with Gasteiger partial charge in [0.1, 0.15) is 6.61 Å². The molecule has 2 aromatic carbocycles. The molecule has 1 fully saturated rings. The number of hydrogen-bond acceptors (Lipinski definition) is 5. The summed E-state index contributed by atoms with van der Waals surface area (Å²) in [5, 5.41) is 3.32. The van der Waals surface area contributed by atoms with E-state index in [1.54, 1.807) is 25.3 Å². The van der Waals surface area contributed by atoms with Crippen LogP contribution < -0.4 is 14.8 Å². The highest BCUT2D eigenvalue weighted by molar-refractivity contribution is 8.18. The number of benzene rings is 2. The number of amidine groups is 1. The summed E-state index contributed by atoms with van der Waals surface area (Å²) < 4.78 is 10.7. The van der Waals surface area contributed by atoms with Crippen molar-refractivity contribution in [3.63, 3.8) is 0 Å². The fraction of sp³-hybridized carbons (Fsp3) is 0.100. The van der Waals surface area contributed by atoms with Gasteiger partial charge in [-0.3, -0.25) is 4.79 Å². The second-order valence-corrected chi connectivity index (χ2v) is 6.25. The van der Waals surface area contributed by atoms with Gasteiger partial charge in [-0.25, -0.2) is 4.99 Å². The van der Waals surface area contributed by atoms with Crippen LogP contribution in [0.3, 0.4) is 0 Å². The van der Waals surface area contributed by atoms with Crippen LogP contribution in [0.5, 0.6) is 11.5 Å². The molecule has 0 unspecified atom stereocenters. The molecule has 2 aromatic rings. The van der Waals surface area contributed by atoms with Gasteiger partial charge in [-0.2, -0.15) is 0 Å². The SMILES string of the molecule is C#CCOc1ccc(/C=C2\SC(=Nc3ccccc3)NC2=O)cc1OC. The molecule has 0 aliphatic carbocycles. The Morgan fingerprint density at radius 1 is 1.23 bits per heavy atom. The van der Waals surface area contributed by atoms with Gasteiger partial charge in [0, 0.05) is 0 Å². The third-order valence-electron chi connectivity index (χ3n) is 3.43. The number of amides is 1. The molecule has 1 N–H and O–H groups in total. The summed E-state index contributed by atoms with van der Waals surface area (Å²) in [5.74, 6) is 3.34. The van der Waals surface area contributed by atoms with Gasteiger partial charge in [0.05, 0.1) is 17.7 Å². The number of methoxy groups -OCH3 is 1. The number of thioether (sulfide) groups is 1. The lowest BCUT2D eigenvalue weighted by molar-refractivity contribution is -0.115. The quantitative estimate of drug-likeness (QED) is 0.651. The second kappa shape index (κ2) is 8.28. The Kier molecular flexibility index (Phi) is 5.62. The molecule has 0 atom stereocenters. The number of carbonyl (C=O) groups is 1. The molecular weight excluding hydrogens is 348 g/mol. The Labute approximate surface area is 156 Å². The lowest BCUT2D eigenvalue weighted by atomic mass is 10.2. The zero-order valence-corrected chi connectivity index (χ0v) is 14.9. The maximum atomic E-state index is 12.2. The van der Waals surface area contributed by atoms with Crippen LogP contribution in [0.4, 0.5) is 5.69 Å². The molecule has 1 saturated heterocycles. The monoisotopic (exact) mass is 364 g/mol. The summed E-state index contributed by atoms with van der Waals surface area (Å²) in [6.07, 6.45) is 6.99. The molecule has 3 rings (SSSR count). The van der Waals surface area contributed by atoms with Gasteiger partial charge >= 0.3 is 0 Å². The third kappa shape index (κ3) is 4.26. The number of aliphatic imine (C=N–C) groups is 1. The van der Waals surface area contributed by atoms with Gasteiger partial charge in [-0.1, -0.05) is 30.2 Å². The van der Waals surface area contributed by atoms with Crippen molar-refractivity contribution < 1.29 is 14.3 Å². The van der Waals surface area contributed by atoms with Crippen LogP contribution in [0.25, 0.3) is 6.08 Å². The highest BCUT2D eigenvalue weighted by Gasteiger charge is 2.23. The molecular formula is C20H16N2O3S. The standard InChI is InChI=1S/C20H16N2O3S/c1-3-11-25-16-10-9-14(12-17(16)24-2)13-18-19(23)22-20(26-18)21-15-7-5-4-6-8-15/h1,4-10,12-13H,11H2,2H3,(H,21,22,23)/b18-13-. The van der Waals surface area contributed by atoms with E-state index in [2.05, 4.69) is 16.2 Å². The summed E-state index contributed by atoms with van der Waals surface area (Å²) in [5.41, 5.74) is 1.60. The van der Waals surface area contributed by atoms with Gasteiger partial charge in [0.25, 0.3) is 5.91 Å². The zero-order chi connectivity index (χ0) is 18.4. The predicted octanol–water partition coefficient (Wildman–Crippen LogP) is 3.60. The van der Waals surface area contributed by atoms with E-state index in [-0.39, 0.29) is 12.5 Å². The van der Waals surface area contributed by atoms with Crippen molar-refractivity contribution in [1.29, 1.82) is 0 Å². The first-order valence-electron chi connectivity index (χ1n) is 7.78. The summed E-state index contributed by atoms with van der Waals surface area (Å²) in [6.45, 7) is 0.161. The smallest absolute Gasteiger partial charge is 0.264 e. The zero-order valence-electron chi connectivity index (χ0n) is 14.1. The van der Waals surface area contributed by atoms with E-state index in [0.29, 0.717) is 21.6 Å². The van der Waals surface area contributed by atoms with E-state index in [0.717, 1.165) is 11.3 Å². The Balaban J connectivity index is 1.80. The molecule has 0 radical (unpaired) electrons. The first-order chi connectivity index (χ1) is 12.7. The predicted molar refractivity (Wildman–Crippen MR) is 105 cm³/mol. The van der Waals surface area contributed by atoms with Crippen molar-refractivity contribution in [1.82, 2.24) is 5.32 Å². The number of nitrogens with zero attached hydrogens (tertiary/aromatic N) is 1. The Hall–Kier alpha value is -3.17. The summed E-state index contributed by atoms with van der Waals surface area (Å²) in [4.78, 5) is 17.2. The molecule has 1 amide bonds. The molecule has 1 aliphatic rings. The molecule has 1 aliphatic heterocycles. The van der Waals surface area contributed by atoms with Gasteiger partial charge < -0.3 is 14.8 Å². The number of carbonyl (C=O) groups excluding carboxylic acids is 1. The van der Waals surface area contributed by atoms with Gasteiger partial charge in [-0.05, 0) is 47.7 Å². The topological polar surface area (TPSA) is 59.9 Å². The average Bonchev–Trinajstić information content (AvgIpc) is 3.00. The minimum absolute atomic E-state index is 0.161. The van der Waals surface area contributed by atoms with Crippen molar-refractivity contribution in [2.24, 2.45) is 4.99 Å². The van der Waals surface area contributed by atoms with E-state index in [4.69, 9.17) is 15.9 Å². The largest absolute Gasteiger partial charge is 0.493 e. The van der Waals surface area contributed by atoms with Crippen LogP contribution in [0.1, 0.15) is 5.56 Å². The second-order valence-electron chi connectivity index (χ2n) is 5.22. The molecule has 130 valence electrons. The number of para-hydroxylation sites is 1. The fourth-order valence-corrected chi connectivity index (χ4v) is 3.11. The first kappa shape index (κ1) is 17.6. The average molecular weight is 364 g/mol. The van der Waals surface area contributed by atoms with Crippen molar-refractivity contribution >= 4 is 34.6 Å². The normalized spacial score (nSPS) is 16.4. The van der Waals surface area contributed by atoms with Crippen LogP contribution in [0.2, 0.25) is 0 Å². The number of terminal acetylenes is 1. The van der Waals surface area contributed by atoms with Crippen molar-refractivity contribution in [2.75, 3.05) is 13.7 Å². The van der Waals surface area contributed by atoms with Crippen molar-refractivity contribution in [3.05, 3.63) is 59.0 Å². The van der Waals surface area contributed by atoms with Crippen LogP contribution in [-0.4, -0.2) is 24.8 Å². The highest BCUT2D eigenvalue weighted by atomic mass is 32.2. The molecule has 6 heteroatoms. The summed E-state index contributed by atoms with van der Waals surface area (Å²) >= 11 is 1.29. The van der Waals surface area contributed by atoms with Gasteiger partial charge in [0.15, 0.2) is 16.7 Å². The fourth-order valence-electron chi connectivity index (χ4n) is 2.26. The maximum absolute atomic E-state index is 12.2. The van der Waals surface area contributed by atoms with Gasteiger partial charge in [-0.15, -0.1) is 6.42 Å². The molecule has 0 bridgehead atoms. The summed E-state index contributed by atoms with van der Waals surface area (Å²) in [6, 6.07) is 14.9. The molecule has 0 saturated carbocycles. The summed E-state index contributed by atoms with van der Waals surface area (Å²) in [7, 11) is 1.55. The minimum atomic E-state index is -0.184. The highest BCUT2D eigenvalue weighted by Crippen LogP contribution is 2.32. The number of hydrogen-bond donors (Lipinski definition) is 1. The van der Waals surface area contributed by atoms with E-state index in [1.807, 2.05) is 36.4 Å². The maximum Gasteiger partial charge on any atom is 0.264 e. The van der Waals surface area contributed by atoms with E-state index < -0.39 is 0 Å². The molecule has 0 aromatic heterocycles. The van der Waals surface area contributed by atoms with Crippen LogP contribution in [-0.2, 0) is 4.79 Å². The molecule has 0 spiro atoms. The lowest BCUT2D eigenvalue weighted by Gasteiger charge is -2.09. The number of nitrogens with one attached hydrogen (secondary N) is 1. The number of ether oxygens (including phenoxy) is 2. The van der Waals surface area contributed by atoms with Crippen LogP contribution in [0, 0.1) is 12.3 Å². The molecule has 1 heterocycles. The first-order valence-corrected chi connectivity index (χ1v) is 8.60. The lowest BCUT2D eigenvalue weighted by Crippen LogP contribution is -2.19. The van der Waals surface area contributed by atoms with E-state index in [1.165, 1.54) is 11.8 Å². The van der Waals surface area contributed by atoms with E-state index >= 15 is 0 Å². The van der Waals surface area contributed by atoms with Crippen molar-refractivity contribution in [3.8, 4) is 23.8 Å². The Morgan fingerprint density at radius 2 is 2.04 bits per heavy atom. The van der Waals surface area contributed by atoms with Gasteiger partial charge in [0.2, 0.25) is 0 Å². The number of rotatable bonds is 5. The van der Waals surface area contributed by atoms with Crippen molar-refractivity contribution in [2.45, 2.75) is 0 Å². The molecule has 5 nitrogen and oxygen atoms in total. The van der Waals surface area contributed by atoms with E-state index in [9.17, 15) is 4.79 Å². The Bertz CT molecular complexity index is 914. The Morgan fingerprint density at radius 3 is 2.77 bits per heavy atom.